The molecule has 0 amide bonds. The van der Waals surface area contributed by atoms with Gasteiger partial charge in [-0.1, -0.05) is 24.3 Å². The molecule has 1 heterocycles. The van der Waals surface area contributed by atoms with Gasteiger partial charge in [-0.2, -0.15) is 0 Å². The van der Waals surface area contributed by atoms with E-state index in [1.807, 2.05) is 37.4 Å². The van der Waals surface area contributed by atoms with Crippen LogP contribution in [0.3, 0.4) is 0 Å². The number of nitrogens with one attached hydrogen (secondary N) is 1. The third-order valence-corrected chi connectivity index (χ3v) is 4.31. The molecule has 0 aliphatic heterocycles. The van der Waals surface area contributed by atoms with Crippen molar-refractivity contribution in [3.05, 3.63) is 54.5 Å². The summed E-state index contributed by atoms with van der Waals surface area (Å²) in [5.41, 5.74) is 0.927. The Kier molecular flexibility index (Phi) is 3.92. The third kappa shape index (κ3) is 2.92. The van der Waals surface area contributed by atoms with Gasteiger partial charge >= 0.3 is 0 Å². The van der Waals surface area contributed by atoms with Crippen LogP contribution < -0.4 is 5.32 Å². The monoisotopic (exact) mass is 297 g/mol. The zero-order chi connectivity index (χ0) is 14.7. The Bertz CT molecular complexity index is 759. The molecule has 0 spiro atoms. The van der Waals surface area contributed by atoms with Gasteiger partial charge in [0, 0.05) is 23.1 Å². The van der Waals surface area contributed by atoms with Gasteiger partial charge in [0.2, 0.25) is 0 Å². The summed E-state index contributed by atoms with van der Waals surface area (Å²) in [6.45, 7) is 0. The van der Waals surface area contributed by atoms with Gasteiger partial charge in [0.25, 0.3) is 0 Å². The maximum atomic E-state index is 9.90. The molecule has 0 unspecified atom stereocenters. The maximum Gasteiger partial charge on any atom is 0.144 e. The Hall–Kier alpha value is -2.27. The lowest BCUT2D eigenvalue weighted by Gasteiger charge is -2.08. The molecule has 21 heavy (non-hydrogen) atoms. The van der Waals surface area contributed by atoms with Gasteiger partial charge in [0.15, 0.2) is 0 Å². The van der Waals surface area contributed by atoms with E-state index in [9.17, 15) is 5.11 Å². The topological polar surface area (TPSA) is 58.0 Å². The first-order valence-electron chi connectivity index (χ1n) is 6.60. The molecule has 3 rings (SSSR count). The van der Waals surface area contributed by atoms with Gasteiger partial charge in [-0.25, -0.2) is 4.98 Å². The molecule has 4 nitrogen and oxygen atoms in total. The molecule has 0 aliphatic carbocycles. The summed E-state index contributed by atoms with van der Waals surface area (Å²) < 4.78 is 0. The highest BCUT2D eigenvalue weighted by atomic mass is 32.2. The zero-order valence-electron chi connectivity index (χ0n) is 11.6. The number of nitrogens with zero attached hydrogens (tertiary/aromatic N) is 2. The molecule has 0 saturated carbocycles. The van der Waals surface area contributed by atoms with Crippen LogP contribution in [-0.4, -0.2) is 22.1 Å². The fourth-order valence-corrected chi connectivity index (χ4v) is 3.04. The number of phenolic OH excluding ortho intramolecular Hbond substituents is 1. The summed E-state index contributed by atoms with van der Waals surface area (Å²) in [6.07, 6.45) is 3.51. The highest BCUT2D eigenvalue weighted by Crippen LogP contribution is 2.34. The Labute approximate surface area is 127 Å². The summed E-state index contributed by atoms with van der Waals surface area (Å²) >= 11 is 1.69. The van der Waals surface area contributed by atoms with Gasteiger partial charge in [0.05, 0.1) is 18.1 Å². The van der Waals surface area contributed by atoms with Crippen molar-refractivity contribution < 1.29 is 5.11 Å². The summed E-state index contributed by atoms with van der Waals surface area (Å²) in [6, 6.07) is 11.5. The van der Waals surface area contributed by atoms with E-state index in [0.717, 1.165) is 32.9 Å². The molecule has 3 aromatic rings. The van der Waals surface area contributed by atoms with Gasteiger partial charge in [-0.05, 0) is 17.5 Å². The first-order valence-corrected chi connectivity index (χ1v) is 7.58. The summed E-state index contributed by atoms with van der Waals surface area (Å²) in [4.78, 5) is 9.75. The number of aromatic nitrogens is 2. The fourth-order valence-electron chi connectivity index (χ4n) is 2.09. The lowest BCUT2D eigenvalue weighted by Crippen LogP contribution is -1.95. The molecule has 0 atom stereocenters. The van der Waals surface area contributed by atoms with Crippen molar-refractivity contribution in [2.24, 2.45) is 0 Å². The van der Waals surface area contributed by atoms with Crippen molar-refractivity contribution in [1.82, 2.24) is 9.97 Å². The molecule has 2 aromatic carbocycles. The van der Waals surface area contributed by atoms with Crippen molar-refractivity contribution in [2.75, 3.05) is 12.4 Å². The van der Waals surface area contributed by atoms with Crippen LogP contribution in [0.5, 0.6) is 5.75 Å². The summed E-state index contributed by atoms with van der Waals surface area (Å²) in [5.74, 6) is 1.82. The molecule has 0 saturated heterocycles. The van der Waals surface area contributed by atoms with Crippen LogP contribution >= 0.6 is 11.8 Å². The van der Waals surface area contributed by atoms with Gasteiger partial charge < -0.3 is 10.4 Å². The zero-order valence-corrected chi connectivity index (χ0v) is 12.4. The standard InChI is InChI=1S/C16H15N3OS/c1-17-16-9-18-11(8-19-16)10-21-15-7-6-14(20)12-4-2-3-5-13(12)15/h2-9,20H,10H2,1H3,(H,17,19). The van der Waals surface area contributed by atoms with Crippen LogP contribution in [0.15, 0.2) is 53.7 Å². The molecule has 2 N–H and O–H groups in total. The van der Waals surface area contributed by atoms with Crippen LogP contribution in [0.4, 0.5) is 5.82 Å². The average molecular weight is 297 g/mol. The van der Waals surface area contributed by atoms with Crippen LogP contribution in [-0.2, 0) is 5.75 Å². The third-order valence-electron chi connectivity index (χ3n) is 3.20. The SMILES string of the molecule is CNc1cnc(CSc2ccc(O)c3ccccc23)cn1. The number of aromatic hydroxyl groups is 1. The smallest absolute Gasteiger partial charge is 0.144 e. The lowest BCUT2D eigenvalue weighted by molar-refractivity contribution is 0.481. The summed E-state index contributed by atoms with van der Waals surface area (Å²) in [7, 11) is 1.82. The number of thioether (sulfide) groups is 1. The first kappa shape index (κ1) is 13.7. The normalized spacial score (nSPS) is 10.7. The van der Waals surface area contributed by atoms with Crippen molar-refractivity contribution in [3.8, 4) is 5.75 Å². The molecular weight excluding hydrogens is 282 g/mol. The number of rotatable bonds is 4. The predicted molar refractivity (Wildman–Crippen MR) is 86.8 cm³/mol. The lowest BCUT2D eigenvalue weighted by atomic mass is 10.1. The van der Waals surface area contributed by atoms with E-state index in [4.69, 9.17) is 0 Å². The van der Waals surface area contributed by atoms with Gasteiger partial charge in [-0.3, -0.25) is 4.98 Å². The number of hydrogen-bond acceptors (Lipinski definition) is 5. The number of fused-ring (bicyclic) bond motifs is 1. The van der Waals surface area contributed by atoms with E-state index in [2.05, 4.69) is 15.3 Å². The highest BCUT2D eigenvalue weighted by molar-refractivity contribution is 7.98. The van der Waals surface area contributed by atoms with E-state index in [0.29, 0.717) is 5.75 Å². The minimum atomic E-state index is 0.313. The van der Waals surface area contributed by atoms with E-state index < -0.39 is 0 Å². The van der Waals surface area contributed by atoms with Crippen LogP contribution in [0.2, 0.25) is 0 Å². The van der Waals surface area contributed by atoms with Crippen molar-refractivity contribution in [2.45, 2.75) is 10.6 Å². The Balaban J connectivity index is 1.83. The first-order chi connectivity index (χ1) is 10.3. The Morgan fingerprint density at radius 1 is 1.05 bits per heavy atom. The van der Waals surface area contributed by atoms with E-state index >= 15 is 0 Å². The predicted octanol–water partition coefficient (Wildman–Crippen LogP) is 3.67. The second-order valence-electron chi connectivity index (χ2n) is 4.56. The molecule has 0 radical (unpaired) electrons. The van der Waals surface area contributed by atoms with E-state index in [1.54, 1.807) is 30.2 Å². The second-order valence-corrected chi connectivity index (χ2v) is 5.58. The van der Waals surface area contributed by atoms with Crippen molar-refractivity contribution in [1.29, 1.82) is 0 Å². The van der Waals surface area contributed by atoms with Gasteiger partial charge in [-0.15, -0.1) is 11.8 Å². The van der Waals surface area contributed by atoms with Crippen molar-refractivity contribution in [3.63, 3.8) is 0 Å². The maximum absolute atomic E-state index is 9.90. The highest BCUT2D eigenvalue weighted by Gasteiger charge is 2.06. The molecule has 5 heteroatoms. The van der Waals surface area contributed by atoms with E-state index in [-0.39, 0.29) is 0 Å². The minimum Gasteiger partial charge on any atom is -0.507 e. The van der Waals surface area contributed by atoms with E-state index in [1.165, 1.54) is 0 Å². The number of hydrogen-bond donors (Lipinski definition) is 2. The van der Waals surface area contributed by atoms with Crippen LogP contribution in [0, 0.1) is 0 Å². The molecule has 106 valence electrons. The largest absolute Gasteiger partial charge is 0.507 e. The Morgan fingerprint density at radius 3 is 2.57 bits per heavy atom. The minimum absolute atomic E-state index is 0.313. The van der Waals surface area contributed by atoms with Crippen molar-refractivity contribution >= 4 is 28.4 Å². The Morgan fingerprint density at radius 2 is 1.86 bits per heavy atom. The second kappa shape index (κ2) is 6.01. The number of phenols is 1. The molecule has 0 aliphatic rings. The average Bonchev–Trinajstić information content (AvgIpc) is 2.55. The molecule has 1 aromatic heterocycles. The number of benzene rings is 2. The molecule has 0 fully saturated rings. The summed E-state index contributed by atoms with van der Waals surface area (Å²) in [5, 5.41) is 14.8. The molecular formula is C16H15N3OS. The van der Waals surface area contributed by atoms with Crippen LogP contribution in [0.1, 0.15) is 5.69 Å². The van der Waals surface area contributed by atoms with Gasteiger partial charge in [0.1, 0.15) is 11.6 Å². The molecule has 0 bridgehead atoms. The van der Waals surface area contributed by atoms with Crippen LogP contribution in [0.25, 0.3) is 10.8 Å². The number of anilines is 1. The fraction of sp³-hybridized carbons (Fsp3) is 0.125. The quantitative estimate of drug-likeness (QED) is 0.720.